The van der Waals surface area contributed by atoms with E-state index in [0.717, 1.165) is 18.8 Å². The fourth-order valence-electron chi connectivity index (χ4n) is 3.44. The van der Waals surface area contributed by atoms with Gasteiger partial charge in [0.15, 0.2) is 6.61 Å². The molecule has 3 rings (SSSR count). The summed E-state index contributed by atoms with van der Waals surface area (Å²) in [4.78, 5) is 41.7. The summed E-state index contributed by atoms with van der Waals surface area (Å²) in [6, 6.07) is 7.45. The van der Waals surface area contributed by atoms with Gasteiger partial charge in [0.2, 0.25) is 0 Å². The molecule has 1 aliphatic heterocycles. The minimum Gasteiger partial charge on any atom is -0.462 e. The van der Waals surface area contributed by atoms with Crippen LogP contribution < -0.4 is 10.2 Å². The lowest BCUT2D eigenvalue weighted by atomic mass is 10.1. The Morgan fingerprint density at radius 3 is 2.39 bits per heavy atom. The first-order chi connectivity index (χ1) is 14.9. The van der Waals surface area contributed by atoms with Crippen LogP contribution in [-0.2, 0) is 19.0 Å². The van der Waals surface area contributed by atoms with Crippen LogP contribution in [0, 0.1) is 13.8 Å². The Morgan fingerprint density at radius 1 is 1.06 bits per heavy atom. The van der Waals surface area contributed by atoms with Crippen LogP contribution >= 0.6 is 0 Å². The van der Waals surface area contributed by atoms with Crippen molar-refractivity contribution in [3.63, 3.8) is 0 Å². The summed E-state index contributed by atoms with van der Waals surface area (Å²) in [5.74, 6) is -1.68. The molecule has 0 bridgehead atoms. The summed E-state index contributed by atoms with van der Waals surface area (Å²) >= 11 is 0. The highest BCUT2D eigenvalue weighted by molar-refractivity contribution is 5.99. The van der Waals surface area contributed by atoms with Crippen LogP contribution in [0.2, 0.25) is 0 Å². The van der Waals surface area contributed by atoms with Crippen molar-refractivity contribution < 1.29 is 28.6 Å². The first-order valence-electron chi connectivity index (χ1n) is 10.2. The van der Waals surface area contributed by atoms with Crippen LogP contribution in [0.25, 0.3) is 0 Å². The molecule has 1 amide bonds. The normalized spacial score (nSPS) is 13.6. The highest BCUT2D eigenvalue weighted by Crippen LogP contribution is 2.21. The molecule has 1 aromatic carbocycles. The molecule has 0 unspecified atom stereocenters. The third-order valence-corrected chi connectivity index (χ3v) is 4.98. The largest absolute Gasteiger partial charge is 0.462 e. The van der Waals surface area contributed by atoms with Gasteiger partial charge in [-0.3, -0.25) is 4.79 Å². The molecule has 1 saturated heterocycles. The van der Waals surface area contributed by atoms with Crippen LogP contribution in [-0.4, -0.2) is 62.3 Å². The predicted molar refractivity (Wildman–Crippen MR) is 115 cm³/mol. The number of hydrogen-bond donors (Lipinski definition) is 2. The molecular formula is C22H27N3O6. The van der Waals surface area contributed by atoms with Gasteiger partial charge < -0.3 is 29.4 Å². The summed E-state index contributed by atoms with van der Waals surface area (Å²) in [6.45, 7) is 7.85. The van der Waals surface area contributed by atoms with E-state index in [1.54, 1.807) is 32.9 Å². The van der Waals surface area contributed by atoms with Crippen molar-refractivity contribution in [3.8, 4) is 0 Å². The minimum absolute atomic E-state index is 0.128. The number of rotatable bonds is 7. The molecule has 0 aliphatic carbocycles. The van der Waals surface area contributed by atoms with Crippen LogP contribution in [0.4, 0.5) is 11.4 Å². The van der Waals surface area contributed by atoms with Crippen molar-refractivity contribution in [2.75, 3.05) is 49.7 Å². The van der Waals surface area contributed by atoms with Crippen molar-refractivity contribution in [3.05, 3.63) is 46.8 Å². The number of H-pyrrole nitrogens is 1. The average molecular weight is 429 g/mol. The van der Waals surface area contributed by atoms with Gasteiger partial charge in [0, 0.05) is 30.2 Å². The molecule has 0 radical (unpaired) electrons. The van der Waals surface area contributed by atoms with Gasteiger partial charge in [-0.2, -0.15) is 0 Å². The number of hydrogen-bond acceptors (Lipinski definition) is 7. The second-order valence-corrected chi connectivity index (χ2v) is 7.12. The van der Waals surface area contributed by atoms with Crippen LogP contribution in [0.3, 0.4) is 0 Å². The lowest BCUT2D eigenvalue weighted by Crippen LogP contribution is -2.36. The smallest absolute Gasteiger partial charge is 0.355 e. The fraction of sp³-hybridized carbons (Fsp3) is 0.409. The molecule has 1 aliphatic rings. The summed E-state index contributed by atoms with van der Waals surface area (Å²) in [6.07, 6.45) is 0. The summed E-state index contributed by atoms with van der Waals surface area (Å²) in [5.41, 5.74) is 3.03. The van der Waals surface area contributed by atoms with Gasteiger partial charge in [-0.25, -0.2) is 9.59 Å². The molecule has 9 nitrogen and oxygen atoms in total. The quantitative estimate of drug-likeness (QED) is 0.651. The summed E-state index contributed by atoms with van der Waals surface area (Å²) in [7, 11) is 0. The molecule has 0 spiro atoms. The van der Waals surface area contributed by atoms with Crippen LogP contribution in [0.1, 0.15) is 39.0 Å². The van der Waals surface area contributed by atoms with Gasteiger partial charge in [-0.1, -0.05) is 0 Å². The number of aromatic amines is 1. The molecule has 2 N–H and O–H groups in total. The van der Waals surface area contributed by atoms with Gasteiger partial charge >= 0.3 is 11.9 Å². The number of benzene rings is 1. The Morgan fingerprint density at radius 2 is 1.74 bits per heavy atom. The van der Waals surface area contributed by atoms with Crippen molar-refractivity contribution in [2.45, 2.75) is 20.8 Å². The van der Waals surface area contributed by atoms with Gasteiger partial charge in [-0.15, -0.1) is 0 Å². The van der Waals surface area contributed by atoms with Gasteiger partial charge in [-0.05, 0) is 50.6 Å². The van der Waals surface area contributed by atoms with E-state index in [2.05, 4.69) is 15.2 Å². The maximum Gasteiger partial charge on any atom is 0.355 e. The zero-order chi connectivity index (χ0) is 22.4. The van der Waals surface area contributed by atoms with E-state index in [1.807, 2.05) is 12.1 Å². The molecule has 0 atom stereocenters. The van der Waals surface area contributed by atoms with Crippen LogP contribution in [0.5, 0.6) is 0 Å². The van der Waals surface area contributed by atoms with Crippen LogP contribution in [0.15, 0.2) is 24.3 Å². The van der Waals surface area contributed by atoms with Crippen molar-refractivity contribution >= 4 is 29.2 Å². The van der Waals surface area contributed by atoms with Crippen molar-refractivity contribution in [2.24, 2.45) is 0 Å². The van der Waals surface area contributed by atoms with Crippen molar-refractivity contribution in [1.29, 1.82) is 0 Å². The maximum atomic E-state index is 12.4. The minimum atomic E-state index is -0.714. The monoisotopic (exact) mass is 429 g/mol. The van der Waals surface area contributed by atoms with Crippen molar-refractivity contribution in [1.82, 2.24) is 4.98 Å². The molecule has 9 heteroatoms. The number of carbonyl (C=O) groups is 3. The number of anilines is 2. The SMILES string of the molecule is CCOC(=O)c1c(C)[nH]c(C(=O)OCC(=O)Nc2ccc(N3CCOCC3)cc2)c1C. The molecule has 31 heavy (non-hydrogen) atoms. The first kappa shape index (κ1) is 22.4. The number of aryl methyl sites for hydroxylation is 1. The lowest BCUT2D eigenvalue weighted by molar-refractivity contribution is -0.119. The first-order valence-corrected chi connectivity index (χ1v) is 10.2. The van der Waals surface area contributed by atoms with E-state index >= 15 is 0 Å². The topological polar surface area (TPSA) is 110 Å². The molecular weight excluding hydrogens is 402 g/mol. The lowest BCUT2D eigenvalue weighted by Gasteiger charge is -2.28. The van der Waals surface area contributed by atoms with E-state index in [9.17, 15) is 14.4 Å². The second kappa shape index (κ2) is 10.1. The molecule has 0 saturated carbocycles. The molecule has 2 aromatic rings. The predicted octanol–water partition coefficient (Wildman–Crippen LogP) is 2.44. The average Bonchev–Trinajstić information content (AvgIpc) is 3.07. The number of nitrogens with one attached hydrogen (secondary N) is 2. The van der Waals surface area contributed by atoms with E-state index in [-0.39, 0.29) is 12.3 Å². The Balaban J connectivity index is 1.54. The Kier molecular flexibility index (Phi) is 7.30. The number of nitrogens with zero attached hydrogens (tertiary/aromatic N) is 1. The van der Waals surface area contributed by atoms with E-state index in [1.165, 1.54) is 0 Å². The number of aromatic nitrogens is 1. The summed E-state index contributed by atoms with van der Waals surface area (Å²) < 4.78 is 15.5. The zero-order valence-electron chi connectivity index (χ0n) is 17.9. The summed E-state index contributed by atoms with van der Waals surface area (Å²) in [5, 5.41) is 2.70. The molecule has 1 fully saturated rings. The molecule has 2 heterocycles. The number of morpholine rings is 1. The second-order valence-electron chi connectivity index (χ2n) is 7.12. The zero-order valence-corrected chi connectivity index (χ0v) is 17.9. The van der Waals surface area contributed by atoms with E-state index < -0.39 is 24.5 Å². The Labute approximate surface area is 180 Å². The van der Waals surface area contributed by atoms with E-state index in [0.29, 0.717) is 35.7 Å². The van der Waals surface area contributed by atoms with Gasteiger partial charge in [0.25, 0.3) is 5.91 Å². The Hall–Kier alpha value is -3.33. The number of esters is 2. The van der Waals surface area contributed by atoms with Gasteiger partial charge in [0.05, 0.1) is 25.4 Å². The number of carbonyl (C=O) groups excluding carboxylic acids is 3. The number of amides is 1. The standard InChI is InChI=1S/C22H27N3O6/c1-4-30-21(27)19-14(2)20(23-15(19)3)22(28)31-13-18(26)24-16-5-7-17(8-6-16)25-9-11-29-12-10-25/h5-8,23H,4,9-13H2,1-3H3,(H,24,26). The third kappa shape index (κ3) is 5.43. The Bertz CT molecular complexity index is 945. The molecule has 1 aromatic heterocycles. The highest BCUT2D eigenvalue weighted by Gasteiger charge is 2.24. The fourth-order valence-corrected chi connectivity index (χ4v) is 3.44. The highest BCUT2D eigenvalue weighted by atomic mass is 16.5. The van der Waals surface area contributed by atoms with Gasteiger partial charge in [0.1, 0.15) is 5.69 Å². The third-order valence-electron chi connectivity index (χ3n) is 4.98. The number of ether oxygens (including phenoxy) is 3. The maximum absolute atomic E-state index is 12.4. The molecule has 166 valence electrons. The van der Waals surface area contributed by atoms with E-state index in [4.69, 9.17) is 14.2 Å².